The minimum Gasteiger partial charge on any atom is -0.476 e. The van der Waals surface area contributed by atoms with Gasteiger partial charge in [-0.05, 0) is 31.7 Å². The number of benzene rings is 1. The Morgan fingerprint density at radius 1 is 1.18 bits per heavy atom. The standard InChI is InChI=1S/C25H31N5O7S2/c1-26-11-14-36-21-9-8-20-24(28-21)38-25(27-20)29-23(31)22(30-37-18-10-13-35-16-18)17-4-6-19(7-5-17)39(32,33)15-3-12-34-2/h4-9,18,26H,3,10-16H2,1-2H3,(H,27,29,31)/t18-/m1/s1. The van der Waals surface area contributed by atoms with Crippen LogP contribution in [0, 0.1) is 0 Å². The van der Waals surface area contributed by atoms with Crippen molar-refractivity contribution in [3.63, 3.8) is 0 Å². The fourth-order valence-electron chi connectivity index (χ4n) is 3.63. The summed E-state index contributed by atoms with van der Waals surface area (Å²) < 4.78 is 41.1. The Morgan fingerprint density at radius 3 is 2.72 bits per heavy atom. The number of amides is 1. The van der Waals surface area contributed by atoms with Gasteiger partial charge in [-0.15, -0.1) is 0 Å². The van der Waals surface area contributed by atoms with Gasteiger partial charge in [-0.25, -0.2) is 18.4 Å². The van der Waals surface area contributed by atoms with Crippen LogP contribution >= 0.6 is 11.3 Å². The van der Waals surface area contributed by atoms with Gasteiger partial charge < -0.3 is 24.4 Å². The fraction of sp³-hybridized carbons (Fsp3) is 0.440. The number of nitrogens with zero attached hydrogens (tertiary/aromatic N) is 3. The molecule has 3 aromatic rings. The number of carbonyl (C=O) groups excluding carboxylic acids is 1. The lowest BCUT2D eigenvalue weighted by Crippen LogP contribution is -2.25. The molecule has 39 heavy (non-hydrogen) atoms. The van der Waals surface area contributed by atoms with Crippen LogP contribution in [-0.2, 0) is 28.9 Å². The van der Waals surface area contributed by atoms with Crippen LogP contribution < -0.4 is 15.4 Å². The highest BCUT2D eigenvalue weighted by Gasteiger charge is 2.22. The van der Waals surface area contributed by atoms with Crippen LogP contribution in [0.3, 0.4) is 0 Å². The number of ether oxygens (including phenoxy) is 3. The maximum atomic E-state index is 13.3. The third kappa shape index (κ3) is 7.92. The molecule has 0 radical (unpaired) electrons. The van der Waals surface area contributed by atoms with E-state index in [2.05, 4.69) is 25.8 Å². The van der Waals surface area contributed by atoms with Gasteiger partial charge in [-0.2, -0.15) is 0 Å². The van der Waals surface area contributed by atoms with Gasteiger partial charge in [0.15, 0.2) is 26.8 Å². The zero-order valence-corrected chi connectivity index (χ0v) is 23.3. The number of methoxy groups -OCH3 is 1. The summed E-state index contributed by atoms with van der Waals surface area (Å²) >= 11 is 1.20. The van der Waals surface area contributed by atoms with E-state index in [9.17, 15) is 13.2 Å². The smallest absolute Gasteiger partial charge is 0.280 e. The second-order valence-corrected chi connectivity index (χ2v) is 11.7. The molecule has 2 aromatic heterocycles. The lowest BCUT2D eigenvalue weighted by molar-refractivity contribution is -0.110. The van der Waals surface area contributed by atoms with Gasteiger partial charge in [0.25, 0.3) is 5.91 Å². The minimum atomic E-state index is -3.49. The quantitative estimate of drug-likeness (QED) is 0.166. The minimum absolute atomic E-state index is 0.0199. The average molecular weight is 578 g/mol. The molecule has 1 aliphatic heterocycles. The molecule has 1 amide bonds. The molecule has 12 nitrogen and oxygen atoms in total. The summed E-state index contributed by atoms with van der Waals surface area (Å²) in [5, 5.41) is 10.2. The number of fused-ring (bicyclic) bond motifs is 1. The lowest BCUT2D eigenvalue weighted by Gasteiger charge is -2.10. The number of sulfone groups is 1. The van der Waals surface area contributed by atoms with Crippen molar-refractivity contribution in [2.75, 3.05) is 58.2 Å². The number of pyridine rings is 1. The number of likely N-dealkylation sites (N-methyl/N-ethyl adjacent to an activating group) is 1. The Morgan fingerprint density at radius 2 is 2.00 bits per heavy atom. The molecule has 0 bridgehead atoms. The molecular weight excluding hydrogens is 546 g/mol. The molecule has 3 heterocycles. The number of anilines is 1. The summed E-state index contributed by atoms with van der Waals surface area (Å²) in [5.74, 6) is -0.138. The maximum Gasteiger partial charge on any atom is 0.280 e. The Labute approximate surface area is 230 Å². The van der Waals surface area contributed by atoms with Crippen LogP contribution in [0.25, 0.3) is 10.3 Å². The van der Waals surface area contributed by atoms with E-state index in [4.69, 9.17) is 19.0 Å². The van der Waals surface area contributed by atoms with E-state index in [-0.39, 0.29) is 22.5 Å². The Hall–Kier alpha value is -3.17. The number of rotatable bonds is 14. The lowest BCUT2D eigenvalue weighted by atomic mass is 10.1. The fourth-order valence-corrected chi connectivity index (χ4v) is 5.74. The highest BCUT2D eigenvalue weighted by atomic mass is 32.2. The molecule has 1 atom stereocenters. The maximum absolute atomic E-state index is 13.3. The molecule has 0 aliphatic carbocycles. The zero-order valence-electron chi connectivity index (χ0n) is 21.7. The van der Waals surface area contributed by atoms with Gasteiger partial charge in [0, 0.05) is 38.3 Å². The first-order valence-corrected chi connectivity index (χ1v) is 14.9. The van der Waals surface area contributed by atoms with E-state index in [1.54, 1.807) is 12.1 Å². The van der Waals surface area contributed by atoms with Gasteiger partial charge in [0.05, 0.1) is 23.9 Å². The number of nitrogens with one attached hydrogen (secondary N) is 2. The van der Waals surface area contributed by atoms with Crippen LogP contribution in [0.5, 0.6) is 5.88 Å². The van der Waals surface area contributed by atoms with Gasteiger partial charge in [-0.1, -0.05) is 28.6 Å². The highest BCUT2D eigenvalue weighted by Crippen LogP contribution is 2.26. The molecule has 4 rings (SSSR count). The predicted octanol–water partition coefficient (Wildman–Crippen LogP) is 2.25. The summed E-state index contributed by atoms with van der Waals surface area (Å²) in [4.78, 5) is 28.5. The van der Waals surface area contributed by atoms with E-state index in [1.165, 1.54) is 42.7 Å². The summed E-state index contributed by atoms with van der Waals surface area (Å²) in [6.07, 6.45) is 0.758. The molecular formula is C25H31N5O7S2. The second-order valence-electron chi connectivity index (χ2n) is 8.62. The van der Waals surface area contributed by atoms with Crippen LogP contribution in [0.1, 0.15) is 18.4 Å². The molecule has 0 saturated carbocycles. The first-order valence-electron chi connectivity index (χ1n) is 12.4. The third-order valence-electron chi connectivity index (χ3n) is 5.70. The number of hydrogen-bond donors (Lipinski definition) is 2. The van der Waals surface area contributed by atoms with Gasteiger partial charge in [0.2, 0.25) is 5.88 Å². The topological polar surface area (TPSA) is 150 Å². The van der Waals surface area contributed by atoms with Crippen molar-refractivity contribution >= 4 is 48.3 Å². The van der Waals surface area contributed by atoms with Crippen LogP contribution in [-0.4, -0.2) is 89.0 Å². The highest BCUT2D eigenvalue weighted by molar-refractivity contribution is 7.91. The van der Waals surface area contributed by atoms with E-state index >= 15 is 0 Å². The van der Waals surface area contributed by atoms with Crippen LogP contribution in [0.15, 0.2) is 46.4 Å². The number of hydrogen-bond acceptors (Lipinski definition) is 12. The molecule has 1 fully saturated rings. The number of aromatic nitrogens is 2. The van der Waals surface area contributed by atoms with Crippen molar-refractivity contribution in [3.8, 4) is 5.88 Å². The van der Waals surface area contributed by atoms with Crippen molar-refractivity contribution < 1.29 is 32.3 Å². The Kier molecular flexibility index (Phi) is 10.2. The van der Waals surface area contributed by atoms with Crippen LogP contribution in [0.2, 0.25) is 0 Å². The summed E-state index contributed by atoms with van der Waals surface area (Å²) in [5.41, 5.74) is 0.979. The van der Waals surface area contributed by atoms with E-state index in [0.717, 1.165) is 0 Å². The zero-order chi connectivity index (χ0) is 27.7. The first kappa shape index (κ1) is 28.8. The first-order chi connectivity index (χ1) is 18.9. The molecule has 2 N–H and O–H groups in total. The Balaban J connectivity index is 1.53. The number of thiazole rings is 1. The third-order valence-corrected chi connectivity index (χ3v) is 8.39. The SMILES string of the molecule is CNCCOc1ccc2nc(NC(=O)C(=NO[C@@H]3CCOC3)c3ccc(S(=O)(=O)CCCOC)cc3)sc2n1. The summed E-state index contributed by atoms with van der Waals surface area (Å²) in [7, 11) is -0.132. The monoisotopic (exact) mass is 577 g/mol. The number of oxime groups is 1. The summed E-state index contributed by atoms with van der Waals surface area (Å²) in [6, 6.07) is 9.47. The van der Waals surface area contributed by atoms with Crippen LogP contribution in [0.4, 0.5) is 5.13 Å². The predicted molar refractivity (Wildman–Crippen MR) is 147 cm³/mol. The molecule has 0 unspecified atom stereocenters. The van der Waals surface area contributed by atoms with Crippen molar-refractivity contribution in [3.05, 3.63) is 42.0 Å². The van der Waals surface area contributed by atoms with E-state index in [0.29, 0.717) is 72.7 Å². The van der Waals surface area contributed by atoms with Gasteiger partial charge >= 0.3 is 0 Å². The summed E-state index contributed by atoms with van der Waals surface area (Å²) in [6.45, 7) is 2.43. The molecule has 210 valence electrons. The van der Waals surface area contributed by atoms with E-state index in [1.807, 2.05) is 7.05 Å². The van der Waals surface area contributed by atoms with Crippen molar-refractivity contribution in [2.45, 2.75) is 23.8 Å². The Bertz CT molecular complexity index is 1390. The molecule has 1 saturated heterocycles. The molecule has 14 heteroatoms. The van der Waals surface area contributed by atoms with Crippen molar-refractivity contribution in [1.29, 1.82) is 0 Å². The van der Waals surface area contributed by atoms with Crippen molar-refractivity contribution in [1.82, 2.24) is 15.3 Å². The average Bonchev–Trinajstić information content (AvgIpc) is 3.59. The van der Waals surface area contributed by atoms with E-state index < -0.39 is 15.7 Å². The van der Waals surface area contributed by atoms with Gasteiger partial charge in [0.1, 0.15) is 17.0 Å². The number of carbonyl (C=O) groups is 1. The molecule has 1 aromatic carbocycles. The van der Waals surface area contributed by atoms with Crippen molar-refractivity contribution in [2.24, 2.45) is 5.16 Å². The molecule has 1 aliphatic rings. The normalized spacial score (nSPS) is 15.9. The largest absolute Gasteiger partial charge is 0.476 e. The second kappa shape index (κ2) is 13.8. The molecule has 0 spiro atoms. The van der Waals surface area contributed by atoms with Gasteiger partial charge in [-0.3, -0.25) is 10.1 Å².